The molecule has 1 aliphatic rings. The van der Waals surface area contributed by atoms with E-state index in [9.17, 15) is 18.4 Å². The zero-order chi connectivity index (χ0) is 28.4. The molecule has 0 spiro atoms. The molecule has 0 radical (unpaired) electrons. The minimum absolute atomic E-state index is 0.205. The fraction of sp³-hybridized carbons (Fsp3) is 0.344. The molecule has 5 rings (SSSR count). The monoisotopic (exact) mass is 544 g/mol. The molecule has 0 amide bonds. The topological polar surface area (TPSA) is 66.0 Å². The summed E-state index contributed by atoms with van der Waals surface area (Å²) in [5.41, 5.74) is 5.23. The second-order valence-electron chi connectivity index (χ2n) is 10.8. The highest BCUT2D eigenvalue weighted by Crippen LogP contribution is 2.34. The highest BCUT2D eigenvalue weighted by molar-refractivity contribution is 5.81. The van der Waals surface area contributed by atoms with E-state index < -0.39 is 11.7 Å². The summed E-state index contributed by atoms with van der Waals surface area (Å²) in [6.45, 7) is 10.0. The molecule has 0 atom stereocenters. The molecule has 206 valence electrons. The summed E-state index contributed by atoms with van der Waals surface area (Å²) in [6.07, 6.45) is 0.372. The van der Waals surface area contributed by atoms with Gasteiger partial charge in [-0.15, -0.1) is 0 Å². The Kier molecular flexibility index (Phi) is 7.66. The first kappa shape index (κ1) is 27.4. The van der Waals surface area contributed by atoms with E-state index in [1.54, 1.807) is 6.07 Å². The summed E-state index contributed by atoms with van der Waals surface area (Å²) >= 11 is 0. The Morgan fingerprint density at radius 1 is 1.12 bits per heavy atom. The van der Waals surface area contributed by atoms with Crippen LogP contribution in [0.4, 0.5) is 19.0 Å². The predicted molar refractivity (Wildman–Crippen MR) is 151 cm³/mol. The normalized spacial score (nSPS) is 14.6. The van der Waals surface area contributed by atoms with Crippen molar-refractivity contribution < 1.29 is 17.6 Å². The van der Waals surface area contributed by atoms with Crippen LogP contribution in [0.25, 0.3) is 28.1 Å². The van der Waals surface area contributed by atoms with Crippen molar-refractivity contribution in [2.24, 2.45) is 5.92 Å². The van der Waals surface area contributed by atoms with Crippen LogP contribution in [0.3, 0.4) is 0 Å². The lowest BCUT2D eigenvalue weighted by Crippen LogP contribution is -2.34. The van der Waals surface area contributed by atoms with E-state index in [1.807, 2.05) is 30.3 Å². The summed E-state index contributed by atoms with van der Waals surface area (Å²) in [5.74, 6) is 1.87. The second-order valence-corrected chi connectivity index (χ2v) is 10.8. The van der Waals surface area contributed by atoms with E-state index in [1.165, 1.54) is 6.07 Å². The molecule has 2 aromatic heterocycles. The maximum atomic E-state index is 12.8. The van der Waals surface area contributed by atoms with E-state index >= 15 is 0 Å². The van der Waals surface area contributed by atoms with Crippen LogP contribution >= 0.6 is 0 Å². The first-order valence-corrected chi connectivity index (χ1v) is 13.5. The largest absolute Gasteiger partial charge is 0.436 e. The van der Waals surface area contributed by atoms with Crippen LogP contribution in [0.5, 0.6) is 0 Å². The van der Waals surface area contributed by atoms with Crippen LogP contribution in [0, 0.1) is 17.2 Å². The molecule has 1 saturated heterocycles. The van der Waals surface area contributed by atoms with E-state index in [4.69, 9.17) is 4.42 Å². The molecule has 1 fully saturated rings. The third-order valence-corrected chi connectivity index (χ3v) is 7.68. The molecule has 0 unspecified atom stereocenters. The van der Waals surface area contributed by atoms with Gasteiger partial charge in [0.2, 0.25) is 5.89 Å². The third kappa shape index (κ3) is 5.89. The van der Waals surface area contributed by atoms with Gasteiger partial charge in [0.1, 0.15) is 11.3 Å². The van der Waals surface area contributed by atoms with Gasteiger partial charge in [-0.1, -0.05) is 32.6 Å². The highest BCUT2D eigenvalue weighted by Gasteiger charge is 2.31. The number of hydrogen-bond acceptors (Lipinski definition) is 5. The van der Waals surface area contributed by atoms with Crippen LogP contribution in [0.15, 0.2) is 65.7 Å². The number of benzene rings is 2. The molecule has 8 heteroatoms. The number of nitrogens with zero attached hydrogens (tertiary/aromatic N) is 4. The van der Waals surface area contributed by atoms with Gasteiger partial charge in [0.05, 0.1) is 17.2 Å². The van der Waals surface area contributed by atoms with E-state index in [-0.39, 0.29) is 5.92 Å². The molecule has 0 bridgehead atoms. The quantitative estimate of drug-likeness (QED) is 0.233. The molecule has 0 saturated carbocycles. The third-order valence-electron chi connectivity index (χ3n) is 7.68. The van der Waals surface area contributed by atoms with Crippen LogP contribution < -0.4 is 4.90 Å². The molecule has 5 nitrogen and oxygen atoms in total. The predicted octanol–water partition coefficient (Wildman–Crippen LogP) is 8.61. The number of allylic oxidation sites excluding steroid dienone is 1. The van der Waals surface area contributed by atoms with Crippen molar-refractivity contribution >= 4 is 22.5 Å². The van der Waals surface area contributed by atoms with Gasteiger partial charge >= 0.3 is 6.18 Å². The standard InChI is InChI=1S/C32H31F3N4O/c1-20(2)27-16-23(18-36)17-28-30(27)40-31(38-28)25-8-6-24(7-9-25)21(3)4-5-22-12-14-39(15-13-22)29-11-10-26(19-37-29)32(33,34)35/h6-11,16-17,19-20,22H,3-5,12-15H2,1-2H3. The molecular formula is C32H31F3N4O. The molecule has 4 aromatic rings. The Hall–Kier alpha value is -4.12. The van der Waals surface area contributed by atoms with E-state index in [0.29, 0.717) is 28.7 Å². The fourth-order valence-electron chi connectivity index (χ4n) is 5.24. The maximum absolute atomic E-state index is 12.8. The van der Waals surface area contributed by atoms with Crippen molar-refractivity contribution in [1.82, 2.24) is 9.97 Å². The number of nitriles is 1. The average molecular weight is 545 g/mol. The molecule has 2 aromatic carbocycles. The summed E-state index contributed by atoms with van der Waals surface area (Å²) in [4.78, 5) is 10.7. The number of fused-ring (bicyclic) bond motifs is 1. The fourth-order valence-corrected chi connectivity index (χ4v) is 5.24. The van der Waals surface area contributed by atoms with Gasteiger partial charge < -0.3 is 9.32 Å². The number of alkyl halides is 3. The van der Waals surface area contributed by atoms with Crippen LogP contribution in [0.1, 0.15) is 67.7 Å². The summed E-state index contributed by atoms with van der Waals surface area (Å²) in [6, 6.07) is 16.4. The van der Waals surface area contributed by atoms with Crippen LogP contribution in [-0.2, 0) is 6.18 Å². The van der Waals surface area contributed by atoms with Crippen molar-refractivity contribution in [3.8, 4) is 17.5 Å². The smallest absolute Gasteiger partial charge is 0.417 e. The first-order chi connectivity index (χ1) is 19.1. The van der Waals surface area contributed by atoms with Gasteiger partial charge in [0, 0.05) is 30.4 Å². The lowest BCUT2D eigenvalue weighted by molar-refractivity contribution is -0.137. The van der Waals surface area contributed by atoms with Gasteiger partial charge in [0.25, 0.3) is 0 Å². The Bertz CT molecular complexity index is 1540. The van der Waals surface area contributed by atoms with Crippen LogP contribution in [0.2, 0.25) is 0 Å². The molecule has 0 aliphatic carbocycles. The maximum Gasteiger partial charge on any atom is 0.417 e. The second kappa shape index (κ2) is 11.2. The number of hydrogen-bond donors (Lipinski definition) is 0. The number of pyridine rings is 1. The van der Waals surface area contributed by atoms with Gasteiger partial charge in [-0.05, 0) is 85.1 Å². The molecule has 0 N–H and O–H groups in total. The SMILES string of the molecule is C=C(CCC1CCN(c2ccc(C(F)(F)F)cn2)CC1)c1ccc(-c2nc3cc(C#N)cc(C(C)C)c3o2)cc1. The minimum atomic E-state index is -4.37. The van der Waals surface area contributed by atoms with Gasteiger partial charge in [0.15, 0.2) is 5.58 Å². The van der Waals surface area contributed by atoms with Crippen molar-refractivity contribution in [1.29, 1.82) is 5.26 Å². The summed E-state index contributed by atoms with van der Waals surface area (Å²) in [5, 5.41) is 9.37. The highest BCUT2D eigenvalue weighted by atomic mass is 19.4. The molecular weight excluding hydrogens is 513 g/mol. The Morgan fingerprint density at radius 2 is 1.85 bits per heavy atom. The minimum Gasteiger partial charge on any atom is -0.436 e. The van der Waals surface area contributed by atoms with E-state index in [2.05, 4.69) is 41.4 Å². The van der Waals surface area contributed by atoms with Gasteiger partial charge in [-0.3, -0.25) is 0 Å². The zero-order valence-electron chi connectivity index (χ0n) is 22.6. The summed E-state index contributed by atoms with van der Waals surface area (Å²) in [7, 11) is 0. The molecule has 40 heavy (non-hydrogen) atoms. The molecule has 1 aliphatic heterocycles. The van der Waals surface area contributed by atoms with Gasteiger partial charge in [-0.25, -0.2) is 9.97 Å². The average Bonchev–Trinajstić information content (AvgIpc) is 3.39. The number of oxazole rings is 1. The number of aromatic nitrogens is 2. The lowest BCUT2D eigenvalue weighted by Gasteiger charge is -2.33. The summed E-state index contributed by atoms with van der Waals surface area (Å²) < 4.78 is 44.6. The molecule has 3 heterocycles. The Morgan fingerprint density at radius 3 is 2.45 bits per heavy atom. The van der Waals surface area contributed by atoms with Crippen molar-refractivity contribution in [2.45, 2.75) is 51.6 Å². The Balaban J connectivity index is 1.17. The first-order valence-electron chi connectivity index (χ1n) is 13.5. The number of anilines is 1. The number of piperidine rings is 1. The Labute approximate surface area is 232 Å². The van der Waals surface area contributed by atoms with Crippen molar-refractivity contribution in [3.63, 3.8) is 0 Å². The lowest BCUT2D eigenvalue weighted by atomic mass is 9.89. The van der Waals surface area contributed by atoms with Crippen LogP contribution in [-0.4, -0.2) is 23.1 Å². The number of halogens is 3. The van der Waals surface area contributed by atoms with E-state index in [0.717, 1.165) is 78.9 Å². The van der Waals surface area contributed by atoms with Gasteiger partial charge in [-0.2, -0.15) is 18.4 Å². The van der Waals surface area contributed by atoms with Crippen molar-refractivity contribution in [3.05, 3.63) is 83.6 Å². The van der Waals surface area contributed by atoms with Crippen molar-refractivity contribution in [2.75, 3.05) is 18.0 Å². The zero-order valence-corrected chi connectivity index (χ0v) is 22.6. The number of rotatable bonds is 7.